The van der Waals surface area contributed by atoms with Crippen molar-refractivity contribution in [1.29, 1.82) is 0 Å². The van der Waals surface area contributed by atoms with Crippen LogP contribution in [0.4, 0.5) is 11.4 Å². The first-order valence-corrected chi connectivity index (χ1v) is 11.8. The molecule has 2 N–H and O–H groups in total. The Kier molecular flexibility index (Phi) is 8.82. The number of benzene rings is 3. The summed E-state index contributed by atoms with van der Waals surface area (Å²) in [5.74, 6) is -2.08. The van der Waals surface area contributed by atoms with Gasteiger partial charge in [-0.2, -0.15) is 5.10 Å². The summed E-state index contributed by atoms with van der Waals surface area (Å²) < 4.78 is 5.31. The van der Waals surface area contributed by atoms with Gasteiger partial charge >= 0.3 is 11.7 Å². The smallest absolute Gasteiger partial charge is 0.345 e. The number of nitrogens with zero attached hydrogens (tertiary/aromatic N) is 2. The Bertz CT molecular complexity index is 1430. The number of anilines is 1. The van der Waals surface area contributed by atoms with Crippen LogP contribution in [0.2, 0.25) is 10.0 Å². The van der Waals surface area contributed by atoms with Gasteiger partial charge in [0.05, 0.1) is 21.7 Å². The Labute approximate surface area is 227 Å². The molecule has 12 heteroatoms. The highest BCUT2D eigenvalue weighted by Gasteiger charge is 2.24. The highest BCUT2D eigenvalue weighted by atomic mass is 35.5. The van der Waals surface area contributed by atoms with E-state index < -0.39 is 27.9 Å². The summed E-state index contributed by atoms with van der Waals surface area (Å²) >= 11 is 11.9. The summed E-state index contributed by atoms with van der Waals surface area (Å²) in [5, 5.41) is 18.4. The minimum absolute atomic E-state index is 0.00700. The van der Waals surface area contributed by atoms with Crippen LogP contribution < -0.4 is 15.5 Å². The largest absolute Gasteiger partial charge is 0.415 e. The van der Waals surface area contributed by atoms with Gasteiger partial charge in [-0.1, -0.05) is 50.0 Å². The highest BCUT2D eigenvalue weighted by Crippen LogP contribution is 2.32. The first kappa shape index (κ1) is 28.3. The topological polar surface area (TPSA) is 140 Å². The van der Waals surface area contributed by atoms with E-state index >= 15 is 0 Å². The third kappa shape index (κ3) is 7.15. The van der Waals surface area contributed by atoms with Gasteiger partial charge in [0, 0.05) is 33.3 Å². The molecule has 0 heterocycles. The van der Waals surface area contributed by atoms with Crippen LogP contribution in [-0.4, -0.2) is 28.9 Å². The number of ether oxygens (including phenoxy) is 1. The van der Waals surface area contributed by atoms with E-state index in [1.165, 1.54) is 42.5 Å². The summed E-state index contributed by atoms with van der Waals surface area (Å²) in [6, 6.07) is 14.2. The van der Waals surface area contributed by atoms with Crippen molar-refractivity contribution >= 4 is 58.6 Å². The van der Waals surface area contributed by atoms with Crippen molar-refractivity contribution in [2.75, 3.05) is 5.32 Å². The number of hydrogen-bond donors (Lipinski definition) is 2. The molecule has 0 saturated heterocycles. The van der Waals surface area contributed by atoms with Gasteiger partial charge in [0.1, 0.15) is 0 Å². The molecule has 0 aromatic heterocycles. The van der Waals surface area contributed by atoms with Gasteiger partial charge in [0.15, 0.2) is 0 Å². The average Bonchev–Trinajstić information content (AvgIpc) is 2.84. The van der Waals surface area contributed by atoms with E-state index in [4.69, 9.17) is 27.9 Å². The standard InChI is InChI=1S/C26H22Cl2N4O6/c1-26(2,3)25(35)30-18-10-7-15(8-11-18)23(33)31-29-14-16-5-4-6-21(32(36)37)22(16)38-24(34)19-12-9-17(27)13-20(19)28/h4-14H,1-3H3,(H,30,35)(H,31,33)/b29-14+. The number of nitro groups is 1. The van der Waals surface area contributed by atoms with Gasteiger partial charge in [-0.15, -0.1) is 0 Å². The number of rotatable bonds is 7. The molecule has 0 atom stereocenters. The van der Waals surface area contributed by atoms with E-state index in [9.17, 15) is 24.5 Å². The van der Waals surface area contributed by atoms with Crippen molar-refractivity contribution in [3.8, 4) is 5.75 Å². The van der Waals surface area contributed by atoms with Gasteiger partial charge in [0.25, 0.3) is 5.91 Å². The van der Waals surface area contributed by atoms with Crippen molar-refractivity contribution in [3.63, 3.8) is 0 Å². The Morgan fingerprint density at radius 3 is 2.32 bits per heavy atom. The molecular weight excluding hydrogens is 535 g/mol. The lowest BCUT2D eigenvalue weighted by molar-refractivity contribution is -0.385. The molecule has 0 unspecified atom stereocenters. The first-order valence-electron chi connectivity index (χ1n) is 11.1. The van der Waals surface area contributed by atoms with E-state index in [-0.39, 0.29) is 33.4 Å². The molecule has 0 bridgehead atoms. The number of amides is 2. The molecule has 0 radical (unpaired) electrons. The molecule has 2 amide bonds. The zero-order valence-corrected chi connectivity index (χ0v) is 22.0. The van der Waals surface area contributed by atoms with Crippen LogP contribution in [-0.2, 0) is 4.79 Å². The number of carbonyl (C=O) groups is 3. The van der Waals surface area contributed by atoms with Crippen molar-refractivity contribution in [2.24, 2.45) is 10.5 Å². The number of nitrogens with one attached hydrogen (secondary N) is 2. The third-order valence-corrected chi connectivity index (χ3v) is 5.57. The second-order valence-corrected chi connectivity index (χ2v) is 9.79. The molecule has 38 heavy (non-hydrogen) atoms. The zero-order chi connectivity index (χ0) is 28.0. The summed E-state index contributed by atoms with van der Waals surface area (Å²) in [4.78, 5) is 48.1. The van der Waals surface area contributed by atoms with Crippen LogP contribution in [0.1, 0.15) is 47.1 Å². The van der Waals surface area contributed by atoms with E-state index in [0.29, 0.717) is 10.7 Å². The van der Waals surface area contributed by atoms with E-state index in [1.807, 2.05) is 0 Å². The van der Waals surface area contributed by atoms with Gasteiger partial charge in [-0.25, -0.2) is 10.2 Å². The van der Waals surface area contributed by atoms with Crippen LogP contribution >= 0.6 is 23.2 Å². The van der Waals surface area contributed by atoms with Crippen molar-refractivity contribution < 1.29 is 24.0 Å². The third-order valence-electron chi connectivity index (χ3n) is 5.02. The van der Waals surface area contributed by atoms with Crippen LogP contribution in [0, 0.1) is 15.5 Å². The predicted octanol–water partition coefficient (Wildman–Crippen LogP) is 5.87. The second-order valence-electron chi connectivity index (χ2n) is 8.95. The molecule has 0 aliphatic heterocycles. The SMILES string of the molecule is CC(C)(C)C(=O)Nc1ccc(C(=O)N/N=C/c2cccc([N+](=O)[O-])c2OC(=O)c2ccc(Cl)cc2Cl)cc1. The quantitative estimate of drug-likeness (QED) is 0.122. The zero-order valence-electron chi connectivity index (χ0n) is 20.5. The molecule has 0 fully saturated rings. The molecule has 3 rings (SSSR count). The van der Waals surface area contributed by atoms with Crippen molar-refractivity contribution in [2.45, 2.75) is 20.8 Å². The van der Waals surface area contributed by atoms with Gasteiger partial charge < -0.3 is 10.1 Å². The number of esters is 1. The molecule has 0 aliphatic rings. The molecule has 0 saturated carbocycles. The Morgan fingerprint density at radius 2 is 1.71 bits per heavy atom. The second kappa shape index (κ2) is 11.8. The Morgan fingerprint density at radius 1 is 1.03 bits per heavy atom. The van der Waals surface area contributed by atoms with Gasteiger partial charge in [-0.3, -0.25) is 19.7 Å². The Balaban J connectivity index is 1.76. The maximum atomic E-state index is 12.7. The lowest BCUT2D eigenvalue weighted by atomic mass is 9.95. The lowest BCUT2D eigenvalue weighted by Crippen LogP contribution is -2.27. The minimum Gasteiger partial charge on any atom is -0.415 e. The molecule has 0 spiro atoms. The van der Waals surface area contributed by atoms with E-state index in [2.05, 4.69) is 15.8 Å². The number of para-hydroxylation sites is 1. The van der Waals surface area contributed by atoms with Crippen molar-refractivity contribution in [1.82, 2.24) is 5.43 Å². The number of hydrogen-bond acceptors (Lipinski definition) is 7. The monoisotopic (exact) mass is 556 g/mol. The molecule has 0 aliphatic carbocycles. The number of nitro benzene ring substituents is 1. The average molecular weight is 557 g/mol. The summed E-state index contributed by atoms with van der Waals surface area (Å²) in [6.45, 7) is 5.34. The number of halogens is 2. The first-order chi connectivity index (χ1) is 17.9. The summed E-state index contributed by atoms with van der Waals surface area (Å²) in [7, 11) is 0. The van der Waals surface area contributed by atoms with Crippen LogP contribution in [0.3, 0.4) is 0 Å². The number of carbonyl (C=O) groups excluding carboxylic acids is 3. The molecule has 10 nitrogen and oxygen atoms in total. The van der Waals surface area contributed by atoms with E-state index in [1.54, 1.807) is 32.9 Å². The maximum Gasteiger partial charge on any atom is 0.345 e. The fourth-order valence-corrected chi connectivity index (χ4v) is 3.44. The van der Waals surface area contributed by atoms with Gasteiger partial charge in [0.2, 0.25) is 11.7 Å². The highest BCUT2D eigenvalue weighted by molar-refractivity contribution is 6.36. The van der Waals surface area contributed by atoms with Crippen LogP contribution in [0.15, 0.2) is 65.8 Å². The van der Waals surface area contributed by atoms with Crippen LogP contribution in [0.5, 0.6) is 5.75 Å². The normalized spacial score (nSPS) is 11.2. The molecule has 196 valence electrons. The van der Waals surface area contributed by atoms with Gasteiger partial charge in [-0.05, 0) is 48.5 Å². The van der Waals surface area contributed by atoms with E-state index in [0.717, 1.165) is 12.3 Å². The maximum absolute atomic E-state index is 12.7. The Hall–Kier alpha value is -4.28. The minimum atomic E-state index is -0.946. The molecule has 3 aromatic rings. The predicted molar refractivity (Wildman–Crippen MR) is 144 cm³/mol. The number of hydrazone groups is 1. The molecule has 3 aromatic carbocycles. The molecular formula is C26H22Cl2N4O6. The summed E-state index contributed by atoms with van der Waals surface area (Å²) in [6.07, 6.45) is 1.11. The fourth-order valence-electron chi connectivity index (χ4n) is 2.95. The van der Waals surface area contributed by atoms with Crippen LogP contribution in [0.25, 0.3) is 0 Å². The summed E-state index contributed by atoms with van der Waals surface area (Å²) in [5.41, 5.74) is 2.01. The fraction of sp³-hybridized carbons (Fsp3) is 0.154. The van der Waals surface area contributed by atoms with Crippen molar-refractivity contribution in [3.05, 3.63) is 97.5 Å². The lowest BCUT2D eigenvalue weighted by Gasteiger charge is -2.17.